The summed E-state index contributed by atoms with van der Waals surface area (Å²) >= 11 is 0. The van der Waals surface area contributed by atoms with Gasteiger partial charge in [-0.1, -0.05) is 69.9 Å². The molecule has 36 heavy (non-hydrogen) atoms. The van der Waals surface area contributed by atoms with Crippen LogP contribution in [0.25, 0.3) is 0 Å². The lowest BCUT2D eigenvalue weighted by atomic mass is 9.75. The van der Waals surface area contributed by atoms with E-state index >= 15 is 0 Å². The van der Waals surface area contributed by atoms with Crippen molar-refractivity contribution < 1.29 is 27.4 Å². The number of benzene rings is 2. The van der Waals surface area contributed by atoms with Crippen LogP contribution in [-0.4, -0.2) is 5.11 Å². The van der Waals surface area contributed by atoms with Crippen LogP contribution in [0.1, 0.15) is 131 Å². The number of halogens is 4. The van der Waals surface area contributed by atoms with Crippen LogP contribution in [-0.2, 0) is 0 Å². The molecule has 0 atom stereocenters. The molecule has 0 aliphatic heterocycles. The molecule has 5 rings (SSSR count). The third-order valence-corrected chi connectivity index (χ3v) is 8.74. The minimum atomic E-state index is -1.83. The van der Waals surface area contributed by atoms with E-state index in [1.54, 1.807) is 0 Å². The van der Waals surface area contributed by atoms with Gasteiger partial charge in [-0.15, -0.1) is 0 Å². The molecule has 3 aliphatic carbocycles. The van der Waals surface area contributed by atoms with Crippen molar-refractivity contribution in [3.8, 4) is 17.2 Å². The van der Waals surface area contributed by atoms with Crippen LogP contribution < -0.4 is 4.74 Å². The Morgan fingerprint density at radius 2 is 0.917 bits per heavy atom. The highest BCUT2D eigenvalue weighted by atomic mass is 19.2. The summed E-state index contributed by atoms with van der Waals surface area (Å²) in [6, 6.07) is 4.33. The lowest BCUT2D eigenvalue weighted by Crippen LogP contribution is -2.14. The van der Waals surface area contributed by atoms with Crippen LogP contribution in [0, 0.1) is 23.3 Å². The van der Waals surface area contributed by atoms with Gasteiger partial charge >= 0.3 is 0 Å². The first-order chi connectivity index (χ1) is 17.5. The number of phenolic OH excluding ortho intramolecular Hbond substituents is 1. The first-order valence-electron chi connectivity index (χ1n) is 13.9. The van der Waals surface area contributed by atoms with E-state index in [4.69, 9.17) is 4.74 Å². The van der Waals surface area contributed by atoms with Gasteiger partial charge < -0.3 is 9.84 Å². The first-order valence-corrected chi connectivity index (χ1v) is 13.9. The van der Waals surface area contributed by atoms with E-state index in [2.05, 4.69) is 12.1 Å². The van der Waals surface area contributed by atoms with Crippen LogP contribution in [0.5, 0.6) is 17.2 Å². The van der Waals surface area contributed by atoms with Crippen LogP contribution in [0.2, 0.25) is 0 Å². The smallest absolute Gasteiger partial charge is 0.208 e. The fourth-order valence-electron chi connectivity index (χ4n) is 6.71. The third kappa shape index (κ3) is 4.97. The van der Waals surface area contributed by atoms with Gasteiger partial charge in [-0.05, 0) is 73.0 Å². The summed E-state index contributed by atoms with van der Waals surface area (Å²) in [6.45, 7) is 0. The van der Waals surface area contributed by atoms with E-state index in [9.17, 15) is 22.7 Å². The fraction of sp³-hybridized carbons (Fsp3) is 0.600. The Morgan fingerprint density at radius 3 is 1.33 bits per heavy atom. The molecule has 0 amide bonds. The Kier molecular flexibility index (Phi) is 7.78. The summed E-state index contributed by atoms with van der Waals surface area (Å²) in [4.78, 5) is 0. The minimum Gasteiger partial charge on any atom is -0.503 e. The Balaban J connectivity index is 1.67. The molecule has 0 heterocycles. The molecular weight excluding hydrogens is 468 g/mol. The normalized spacial score (nSPS) is 20.6. The van der Waals surface area contributed by atoms with Crippen molar-refractivity contribution in [3.05, 3.63) is 52.1 Å². The zero-order chi connectivity index (χ0) is 25.2. The second-order valence-electron chi connectivity index (χ2n) is 11.1. The second kappa shape index (κ2) is 11.0. The van der Waals surface area contributed by atoms with Gasteiger partial charge in [-0.3, -0.25) is 0 Å². The van der Waals surface area contributed by atoms with Crippen molar-refractivity contribution in [1.82, 2.24) is 0 Å². The van der Waals surface area contributed by atoms with Crippen LogP contribution >= 0.6 is 0 Å². The maximum atomic E-state index is 14.8. The molecule has 2 aromatic rings. The molecule has 1 N–H and O–H groups in total. The molecule has 0 spiro atoms. The van der Waals surface area contributed by atoms with Gasteiger partial charge in [0.15, 0.2) is 5.75 Å². The summed E-state index contributed by atoms with van der Waals surface area (Å²) in [5, 5.41) is 9.47. The molecule has 0 unspecified atom stereocenters. The van der Waals surface area contributed by atoms with Gasteiger partial charge in [0.05, 0.1) is 0 Å². The van der Waals surface area contributed by atoms with Crippen LogP contribution in [0.4, 0.5) is 17.6 Å². The predicted molar refractivity (Wildman–Crippen MR) is 132 cm³/mol. The molecule has 3 saturated carbocycles. The Morgan fingerprint density at radius 1 is 0.528 bits per heavy atom. The highest BCUT2D eigenvalue weighted by Gasteiger charge is 2.32. The van der Waals surface area contributed by atoms with Gasteiger partial charge in [-0.2, -0.15) is 17.6 Å². The highest BCUT2D eigenvalue weighted by Crippen LogP contribution is 2.49. The summed E-state index contributed by atoms with van der Waals surface area (Å²) in [5.74, 6) is -8.66. The van der Waals surface area contributed by atoms with Crippen molar-refractivity contribution in [2.45, 2.75) is 114 Å². The molecule has 0 bridgehead atoms. The van der Waals surface area contributed by atoms with Crippen molar-refractivity contribution >= 4 is 0 Å². The number of aromatic hydroxyl groups is 1. The van der Waals surface area contributed by atoms with E-state index in [1.165, 1.54) is 24.8 Å². The lowest BCUT2D eigenvalue weighted by Gasteiger charge is -2.32. The standard InChI is InChI=1S/C30H36F4O2/c31-24-26(33)30(27(34)25(32)28(24)35)36-29-22(19-12-6-2-7-13-19)16-21(18-10-4-1-5-11-18)17-23(29)20-14-8-3-9-15-20/h16-20,35H,1-15H2. The molecule has 6 heteroatoms. The monoisotopic (exact) mass is 504 g/mol. The van der Waals surface area contributed by atoms with Crippen LogP contribution in [0.15, 0.2) is 12.1 Å². The zero-order valence-electron chi connectivity index (χ0n) is 20.9. The number of phenols is 1. The van der Waals surface area contributed by atoms with Crippen LogP contribution in [0.3, 0.4) is 0 Å². The van der Waals surface area contributed by atoms with Gasteiger partial charge in [0, 0.05) is 0 Å². The topological polar surface area (TPSA) is 29.5 Å². The first kappa shape index (κ1) is 25.4. The molecule has 0 aromatic heterocycles. The average molecular weight is 505 g/mol. The maximum Gasteiger partial charge on any atom is 0.208 e. The van der Waals surface area contributed by atoms with Crippen molar-refractivity contribution in [1.29, 1.82) is 0 Å². The zero-order valence-corrected chi connectivity index (χ0v) is 20.9. The molecule has 0 saturated heterocycles. The highest BCUT2D eigenvalue weighted by molar-refractivity contribution is 5.52. The van der Waals surface area contributed by atoms with Gasteiger partial charge in [-0.25, -0.2) is 0 Å². The Hall–Kier alpha value is -2.24. The summed E-state index contributed by atoms with van der Waals surface area (Å²) in [6.07, 6.45) is 16.3. The van der Waals surface area contributed by atoms with Crippen molar-refractivity contribution in [3.63, 3.8) is 0 Å². The molecular formula is C30H36F4O2. The van der Waals surface area contributed by atoms with E-state index in [1.807, 2.05) is 0 Å². The number of rotatable bonds is 5. The predicted octanol–water partition coefficient (Wildman–Crippen LogP) is 9.88. The summed E-state index contributed by atoms with van der Waals surface area (Å²) in [7, 11) is 0. The van der Waals surface area contributed by atoms with Gasteiger partial charge in [0.25, 0.3) is 0 Å². The van der Waals surface area contributed by atoms with E-state index in [-0.39, 0.29) is 11.8 Å². The molecule has 0 radical (unpaired) electrons. The SMILES string of the molecule is Oc1c(F)c(F)c(Oc2c(C3CCCCC3)cc(C3CCCCC3)cc2C2CCCCC2)c(F)c1F. The molecule has 3 aliphatic rings. The van der Waals surface area contributed by atoms with Crippen molar-refractivity contribution in [2.24, 2.45) is 0 Å². The van der Waals surface area contributed by atoms with E-state index < -0.39 is 34.8 Å². The molecule has 2 aromatic carbocycles. The number of hydrogen-bond donors (Lipinski definition) is 1. The molecule has 3 fully saturated rings. The Bertz CT molecular complexity index is 1010. The average Bonchev–Trinajstić information content (AvgIpc) is 2.94. The lowest BCUT2D eigenvalue weighted by molar-refractivity contribution is 0.318. The maximum absolute atomic E-state index is 14.8. The van der Waals surface area contributed by atoms with Gasteiger partial charge in [0.1, 0.15) is 5.75 Å². The molecule has 196 valence electrons. The minimum absolute atomic E-state index is 0.178. The van der Waals surface area contributed by atoms with E-state index in [0.29, 0.717) is 11.7 Å². The molecule has 2 nitrogen and oxygen atoms in total. The third-order valence-electron chi connectivity index (χ3n) is 8.74. The van der Waals surface area contributed by atoms with Crippen molar-refractivity contribution in [2.75, 3.05) is 0 Å². The summed E-state index contributed by atoms with van der Waals surface area (Å²) < 4.78 is 64.1. The quantitative estimate of drug-likeness (QED) is 0.324. The number of ether oxygens (including phenoxy) is 1. The fourth-order valence-corrected chi connectivity index (χ4v) is 6.71. The van der Waals surface area contributed by atoms with Gasteiger partial charge in [0.2, 0.25) is 29.0 Å². The van der Waals surface area contributed by atoms with E-state index in [0.717, 1.165) is 88.2 Å². The summed E-state index contributed by atoms with van der Waals surface area (Å²) in [5.41, 5.74) is 3.12. The number of hydrogen-bond acceptors (Lipinski definition) is 2. The Labute approximate surface area is 211 Å². The largest absolute Gasteiger partial charge is 0.503 e. The second-order valence-corrected chi connectivity index (χ2v) is 11.1.